The molecule has 0 aromatic heterocycles. The Morgan fingerprint density at radius 2 is 1.71 bits per heavy atom. The van der Waals surface area contributed by atoms with Crippen LogP contribution in [0.4, 0.5) is 11.4 Å². The van der Waals surface area contributed by atoms with Crippen molar-refractivity contribution in [3.63, 3.8) is 0 Å². The highest BCUT2D eigenvalue weighted by atomic mass is 16.2. The molecule has 132 valence electrons. The third-order valence-electron chi connectivity index (χ3n) is 4.36. The van der Waals surface area contributed by atoms with E-state index in [0.29, 0.717) is 6.42 Å². The van der Waals surface area contributed by atoms with E-state index in [0.717, 1.165) is 50.4 Å². The van der Waals surface area contributed by atoms with Crippen LogP contribution in [-0.4, -0.2) is 42.9 Å². The van der Waals surface area contributed by atoms with Gasteiger partial charge in [-0.15, -0.1) is 0 Å². The lowest BCUT2D eigenvalue weighted by atomic mass is 10.1. The molecule has 1 aliphatic rings. The van der Waals surface area contributed by atoms with Crippen LogP contribution in [-0.2, 0) is 9.59 Å². The van der Waals surface area contributed by atoms with E-state index >= 15 is 0 Å². The van der Waals surface area contributed by atoms with Gasteiger partial charge in [-0.3, -0.25) is 9.59 Å². The fourth-order valence-electron chi connectivity index (χ4n) is 2.87. The standard InChI is InChI=1S/C19H29N3O2/c1-4-5-6-18(23)20-16-7-9-17(10-8-16)21-11-13-22(14-12-21)19(24)15(2)3/h7-10,15H,4-6,11-14H2,1-3H3,(H,20,23). The summed E-state index contributed by atoms with van der Waals surface area (Å²) < 4.78 is 0. The lowest BCUT2D eigenvalue weighted by Crippen LogP contribution is -2.49. The molecule has 0 bridgehead atoms. The second kappa shape index (κ2) is 8.71. The van der Waals surface area contributed by atoms with Crippen LogP contribution in [0.3, 0.4) is 0 Å². The topological polar surface area (TPSA) is 52.7 Å². The number of hydrogen-bond acceptors (Lipinski definition) is 3. The molecule has 24 heavy (non-hydrogen) atoms. The van der Waals surface area contributed by atoms with Crippen molar-refractivity contribution in [1.29, 1.82) is 0 Å². The van der Waals surface area contributed by atoms with Crippen molar-refractivity contribution in [2.45, 2.75) is 40.0 Å². The highest BCUT2D eigenvalue weighted by molar-refractivity contribution is 5.90. The molecule has 1 fully saturated rings. The lowest BCUT2D eigenvalue weighted by Gasteiger charge is -2.37. The SMILES string of the molecule is CCCCC(=O)Nc1ccc(N2CCN(C(=O)C(C)C)CC2)cc1. The predicted octanol–water partition coefficient (Wildman–Crippen LogP) is 3.12. The summed E-state index contributed by atoms with van der Waals surface area (Å²) in [5, 5.41) is 2.93. The molecule has 0 aliphatic carbocycles. The summed E-state index contributed by atoms with van der Waals surface area (Å²) in [5.74, 6) is 0.373. The summed E-state index contributed by atoms with van der Waals surface area (Å²) in [4.78, 5) is 28.0. The molecule has 0 saturated carbocycles. The van der Waals surface area contributed by atoms with Crippen molar-refractivity contribution >= 4 is 23.2 Å². The van der Waals surface area contributed by atoms with Crippen molar-refractivity contribution in [1.82, 2.24) is 4.90 Å². The van der Waals surface area contributed by atoms with Gasteiger partial charge in [0.15, 0.2) is 0 Å². The first-order chi connectivity index (χ1) is 11.5. The maximum absolute atomic E-state index is 12.0. The minimum Gasteiger partial charge on any atom is -0.368 e. The number of carbonyl (C=O) groups is 2. The number of piperazine rings is 1. The molecule has 0 radical (unpaired) electrons. The Morgan fingerprint density at radius 3 is 2.25 bits per heavy atom. The van der Waals surface area contributed by atoms with E-state index in [9.17, 15) is 9.59 Å². The number of amides is 2. The number of benzene rings is 1. The minimum atomic E-state index is 0.0622. The molecule has 1 N–H and O–H groups in total. The van der Waals surface area contributed by atoms with Gasteiger partial charge in [0.05, 0.1) is 0 Å². The Balaban J connectivity index is 1.86. The molecular formula is C19H29N3O2. The Hall–Kier alpha value is -2.04. The smallest absolute Gasteiger partial charge is 0.225 e. The molecule has 5 nitrogen and oxygen atoms in total. The molecule has 2 rings (SSSR count). The van der Waals surface area contributed by atoms with Gasteiger partial charge in [-0.2, -0.15) is 0 Å². The molecule has 1 aromatic rings. The Labute approximate surface area is 145 Å². The number of nitrogens with one attached hydrogen (secondary N) is 1. The van der Waals surface area contributed by atoms with E-state index in [4.69, 9.17) is 0 Å². The van der Waals surface area contributed by atoms with Crippen molar-refractivity contribution in [3.8, 4) is 0 Å². The van der Waals surface area contributed by atoms with Gasteiger partial charge in [-0.05, 0) is 30.7 Å². The van der Waals surface area contributed by atoms with Crippen LogP contribution in [0.15, 0.2) is 24.3 Å². The van der Waals surface area contributed by atoms with Crippen molar-refractivity contribution in [2.24, 2.45) is 5.92 Å². The molecule has 2 amide bonds. The molecule has 5 heteroatoms. The largest absolute Gasteiger partial charge is 0.368 e. The average molecular weight is 331 g/mol. The first-order valence-electron chi connectivity index (χ1n) is 8.95. The van der Waals surface area contributed by atoms with Gasteiger partial charge in [0.1, 0.15) is 0 Å². The second-order valence-corrected chi connectivity index (χ2v) is 6.67. The molecular weight excluding hydrogens is 302 g/mol. The predicted molar refractivity (Wildman–Crippen MR) is 98.2 cm³/mol. The average Bonchev–Trinajstić information content (AvgIpc) is 2.60. The molecule has 1 aromatic carbocycles. The van der Waals surface area contributed by atoms with Crippen LogP contribution in [0.5, 0.6) is 0 Å². The Bertz CT molecular complexity index is 546. The summed E-state index contributed by atoms with van der Waals surface area (Å²) in [7, 11) is 0. The fourth-order valence-corrected chi connectivity index (χ4v) is 2.87. The molecule has 1 aliphatic heterocycles. The Morgan fingerprint density at radius 1 is 1.08 bits per heavy atom. The van der Waals surface area contributed by atoms with Crippen LogP contribution in [0.25, 0.3) is 0 Å². The lowest BCUT2D eigenvalue weighted by molar-refractivity contribution is -0.134. The van der Waals surface area contributed by atoms with Gasteiger partial charge < -0.3 is 15.1 Å². The van der Waals surface area contributed by atoms with Crippen LogP contribution < -0.4 is 10.2 Å². The summed E-state index contributed by atoms with van der Waals surface area (Å²) in [6.45, 7) is 9.21. The summed E-state index contributed by atoms with van der Waals surface area (Å²) in [5.41, 5.74) is 1.98. The fraction of sp³-hybridized carbons (Fsp3) is 0.579. The van der Waals surface area contributed by atoms with Gasteiger partial charge in [0.2, 0.25) is 11.8 Å². The maximum Gasteiger partial charge on any atom is 0.225 e. The first kappa shape index (κ1) is 18.3. The first-order valence-corrected chi connectivity index (χ1v) is 8.95. The normalized spacial score (nSPS) is 14.8. The number of anilines is 2. The van der Waals surface area contributed by atoms with E-state index in [-0.39, 0.29) is 17.7 Å². The molecule has 0 unspecified atom stereocenters. The van der Waals surface area contributed by atoms with E-state index in [2.05, 4.69) is 17.1 Å². The van der Waals surface area contributed by atoms with Crippen LogP contribution in [0.1, 0.15) is 40.0 Å². The quantitative estimate of drug-likeness (QED) is 0.871. The van der Waals surface area contributed by atoms with Crippen LogP contribution in [0.2, 0.25) is 0 Å². The number of unbranched alkanes of at least 4 members (excludes halogenated alkanes) is 1. The summed E-state index contributed by atoms with van der Waals surface area (Å²) in [6.07, 6.45) is 2.52. The van der Waals surface area contributed by atoms with Crippen molar-refractivity contribution in [3.05, 3.63) is 24.3 Å². The molecule has 1 heterocycles. The van der Waals surface area contributed by atoms with E-state index in [1.165, 1.54) is 0 Å². The minimum absolute atomic E-state index is 0.0622. The number of carbonyl (C=O) groups excluding carboxylic acids is 2. The molecule has 0 spiro atoms. The highest BCUT2D eigenvalue weighted by Crippen LogP contribution is 2.20. The zero-order valence-electron chi connectivity index (χ0n) is 15.0. The molecule has 0 atom stereocenters. The number of rotatable bonds is 6. The van der Waals surface area contributed by atoms with Gasteiger partial charge in [0.25, 0.3) is 0 Å². The van der Waals surface area contributed by atoms with Crippen LogP contribution in [0, 0.1) is 5.92 Å². The summed E-state index contributed by atoms with van der Waals surface area (Å²) >= 11 is 0. The number of hydrogen-bond donors (Lipinski definition) is 1. The summed E-state index contributed by atoms with van der Waals surface area (Å²) in [6, 6.07) is 7.97. The second-order valence-electron chi connectivity index (χ2n) is 6.67. The van der Waals surface area contributed by atoms with Gasteiger partial charge in [-0.25, -0.2) is 0 Å². The van der Waals surface area contributed by atoms with E-state index < -0.39 is 0 Å². The van der Waals surface area contributed by atoms with Crippen LogP contribution >= 0.6 is 0 Å². The van der Waals surface area contributed by atoms with E-state index in [1.807, 2.05) is 43.0 Å². The zero-order valence-corrected chi connectivity index (χ0v) is 15.0. The Kier molecular flexibility index (Phi) is 6.64. The monoisotopic (exact) mass is 331 g/mol. The van der Waals surface area contributed by atoms with Crippen molar-refractivity contribution < 1.29 is 9.59 Å². The van der Waals surface area contributed by atoms with Gasteiger partial charge in [-0.1, -0.05) is 27.2 Å². The zero-order chi connectivity index (χ0) is 17.5. The number of nitrogens with zero attached hydrogens (tertiary/aromatic N) is 2. The maximum atomic E-state index is 12.0. The van der Waals surface area contributed by atoms with Crippen molar-refractivity contribution in [2.75, 3.05) is 36.4 Å². The molecule has 1 saturated heterocycles. The third-order valence-corrected chi connectivity index (χ3v) is 4.36. The highest BCUT2D eigenvalue weighted by Gasteiger charge is 2.22. The third kappa shape index (κ3) is 4.98. The van der Waals surface area contributed by atoms with Gasteiger partial charge in [0, 0.05) is 49.9 Å². The van der Waals surface area contributed by atoms with Gasteiger partial charge >= 0.3 is 0 Å². The van der Waals surface area contributed by atoms with E-state index in [1.54, 1.807) is 0 Å².